The molecule has 0 bridgehead atoms. The Bertz CT molecular complexity index is 868. The molecule has 2 heterocycles. The number of hydrogen-bond acceptors (Lipinski definition) is 3. The van der Waals surface area contributed by atoms with Crippen molar-refractivity contribution < 1.29 is 9.59 Å². The molecule has 3 rings (SSSR count). The third kappa shape index (κ3) is 3.58. The fourth-order valence-electron chi connectivity index (χ4n) is 3.20. The number of anilines is 2. The number of nitriles is 1. The van der Waals surface area contributed by atoms with Crippen LogP contribution in [-0.4, -0.2) is 22.3 Å². The first-order chi connectivity index (χ1) is 12.7. The number of alkyl halides is 1. The molecular formula is C19H19ClN4O2. The van der Waals surface area contributed by atoms with Crippen LogP contribution in [0.5, 0.6) is 0 Å². The van der Waals surface area contributed by atoms with Gasteiger partial charge in [0.05, 0.1) is 11.3 Å². The fourth-order valence-corrected chi connectivity index (χ4v) is 3.33. The van der Waals surface area contributed by atoms with Gasteiger partial charge in [-0.3, -0.25) is 9.59 Å². The lowest BCUT2D eigenvalue weighted by molar-refractivity contribution is -0.116. The van der Waals surface area contributed by atoms with Crippen molar-refractivity contribution in [3.63, 3.8) is 0 Å². The minimum atomic E-state index is -0.339. The van der Waals surface area contributed by atoms with E-state index in [1.54, 1.807) is 12.1 Å². The van der Waals surface area contributed by atoms with Gasteiger partial charge in [-0.1, -0.05) is 18.2 Å². The highest BCUT2D eigenvalue weighted by Crippen LogP contribution is 2.33. The van der Waals surface area contributed by atoms with Crippen LogP contribution in [0.15, 0.2) is 30.3 Å². The molecule has 1 aromatic heterocycles. The highest BCUT2D eigenvalue weighted by atomic mass is 35.5. The number of benzene rings is 1. The Morgan fingerprint density at radius 3 is 2.69 bits per heavy atom. The zero-order valence-corrected chi connectivity index (χ0v) is 15.0. The summed E-state index contributed by atoms with van der Waals surface area (Å²) in [4.78, 5) is 25.1. The van der Waals surface area contributed by atoms with Crippen molar-refractivity contribution in [1.29, 1.82) is 5.26 Å². The first-order valence-corrected chi connectivity index (χ1v) is 9.06. The second-order valence-electron chi connectivity index (χ2n) is 6.07. The fraction of sp³-hybridized carbons (Fsp3) is 0.316. The van der Waals surface area contributed by atoms with E-state index in [2.05, 4.69) is 16.7 Å². The maximum absolute atomic E-state index is 12.9. The normalized spacial score (nSPS) is 12.3. The zero-order valence-electron chi connectivity index (χ0n) is 14.2. The van der Waals surface area contributed by atoms with Gasteiger partial charge in [0.25, 0.3) is 5.91 Å². The van der Waals surface area contributed by atoms with E-state index in [1.165, 1.54) is 0 Å². The molecule has 2 aromatic rings. The summed E-state index contributed by atoms with van der Waals surface area (Å²) in [5.41, 5.74) is 2.47. The van der Waals surface area contributed by atoms with Gasteiger partial charge in [0.2, 0.25) is 5.91 Å². The molecule has 1 aliphatic heterocycles. The molecule has 134 valence electrons. The number of amides is 2. The minimum Gasteiger partial charge on any atom is -0.337 e. The topological polar surface area (TPSA) is 86.9 Å². The Balaban J connectivity index is 1.96. The summed E-state index contributed by atoms with van der Waals surface area (Å²) in [7, 11) is 0. The second-order valence-corrected chi connectivity index (χ2v) is 6.45. The van der Waals surface area contributed by atoms with Crippen molar-refractivity contribution in [2.75, 3.05) is 16.5 Å². The van der Waals surface area contributed by atoms with E-state index in [1.807, 2.05) is 22.8 Å². The molecule has 0 radical (unpaired) electrons. The maximum atomic E-state index is 12.9. The highest BCUT2D eigenvalue weighted by Gasteiger charge is 2.30. The lowest BCUT2D eigenvalue weighted by Crippen LogP contribution is -2.20. The molecule has 2 N–H and O–H groups in total. The Morgan fingerprint density at radius 1 is 1.23 bits per heavy atom. The second kappa shape index (κ2) is 8.07. The highest BCUT2D eigenvalue weighted by molar-refractivity contribution is 6.18. The summed E-state index contributed by atoms with van der Waals surface area (Å²) < 4.78 is 1.84. The number of nitrogens with one attached hydrogen (secondary N) is 2. The number of nitrogens with zero attached hydrogens (tertiary/aromatic N) is 2. The number of carbonyl (C=O) groups excluding carboxylic acids is 2. The average Bonchev–Trinajstić information content (AvgIpc) is 3.20. The Labute approximate surface area is 156 Å². The van der Waals surface area contributed by atoms with E-state index in [0.717, 1.165) is 12.1 Å². The van der Waals surface area contributed by atoms with Gasteiger partial charge >= 0.3 is 0 Å². The third-order valence-corrected chi connectivity index (χ3v) is 4.59. The van der Waals surface area contributed by atoms with Crippen molar-refractivity contribution >= 4 is 34.8 Å². The van der Waals surface area contributed by atoms with E-state index < -0.39 is 0 Å². The van der Waals surface area contributed by atoms with Crippen LogP contribution in [0.3, 0.4) is 0 Å². The molecule has 6 nitrogen and oxygen atoms in total. The van der Waals surface area contributed by atoms with E-state index in [4.69, 9.17) is 11.6 Å². The zero-order chi connectivity index (χ0) is 18.5. The number of rotatable bonds is 6. The van der Waals surface area contributed by atoms with Crippen LogP contribution in [0.4, 0.5) is 11.4 Å². The summed E-state index contributed by atoms with van der Waals surface area (Å²) in [6.45, 7) is 0.652. The SMILES string of the molecule is N#Cc1c(NC(=O)CCCCl)c(C(=O)Nc2ccccc2)n2c1CCC2. The largest absolute Gasteiger partial charge is 0.337 e. The van der Waals surface area contributed by atoms with Crippen LogP contribution in [0.2, 0.25) is 0 Å². The lowest BCUT2D eigenvalue weighted by atomic mass is 10.1. The summed E-state index contributed by atoms with van der Waals surface area (Å²) in [6.07, 6.45) is 2.37. The average molecular weight is 371 g/mol. The third-order valence-electron chi connectivity index (χ3n) is 4.33. The Hall–Kier alpha value is -2.78. The molecule has 2 amide bonds. The molecular weight excluding hydrogens is 352 g/mol. The van der Waals surface area contributed by atoms with Crippen LogP contribution < -0.4 is 10.6 Å². The van der Waals surface area contributed by atoms with Gasteiger partial charge in [-0.15, -0.1) is 11.6 Å². The van der Waals surface area contributed by atoms with Gasteiger partial charge in [-0.05, 0) is 31.4 Å². The molecule has 0 saturated heterocycles. The number of fused-ring (bicyclic) bond motifs is 1. The van der Waals surface area contributed by atoms with Crippen molar-refractivity contribution in [3.8, 4) is 6.07 Å². The Morgan fingerprint density at radius 2 is 2.00 bits per heavy atom. The molecule has 1 aliphatic rings. The molecule has 0 unspecified atom stereocenters. The Kier molecular flexibility index (Phi) is 5.59. The summed E-state index contributed by atoms with van der Waals surface area (Å²) in [6, 6.07) is 11.2. The van der Waals surface area contributed by atoms with Crippen molar-refractivity contribution in [2.45, 2.75) is 32.2 Å². The van der Waals surface area contributed by atoms with Crippen molar-refractivity contribution in [3.05, 3.63) is 47.3 Å². The van der Waals surface area contributed by atoms with Gasteiger partial charge in [-0.2, -0.15) is 5.26 Å². The monoisotopic (exact) mass is 370 g/mol. The molecule has 0 saturated carbocycles. The predicted molar refractivity (Wildman–Crippen MR) is 100 cm³/mol. The maximum Gasteiger partial charge on any atom is 0.274 e. The molecule has 7 heteroatoms. The summed E-state index contributed by atoms with van der Waals surface area (Å²) in [5, 5.41) is 15.2. The number of carbonyl (C=O) groups is 2. The number of aromatic nitrogens is 1. The standard InChI is InChI=1S/C19H19ClN4O2/c20-10-4-9-16(25)23-17-14(12-21)15-8-5-11-24(15)18(17)19(26)22-13-6-2-1-3-7-13/h1-3,6-7H,4-5,8-11H2,(H,22,26)(H,23,25). The van der Waals surface area contributed by atoms with Gasteiger partial charge in [0.15, 0.2) is 0 Å². The predicted octanol–water partition coefficient (Wildman–Crippen LogP) is 3.52. The number of para-hydroxylation sites is 1. The lowest BCUT2D eigenvalue weighted by Gasteiger charge is -2.11. The number of hydrogen-bond donors (Lipinski definition) is 2. The van der Waals surface area contributed by atoms with E-state index in [9.17, 15) is 14.9 Å². The number of halogens is 1. The van der Waals surface area contributed by atoms with E-state index >= 15 is 0 Å². The van der Waals surface area contributed by atoms with Gasteiger partial charge in [0, 0.05) is 30.2 Å². The van der Waals surface area contributed by atoms with Crippen LogP contribution in [0.1, 0.15) is 41.0 Å². The first-order valence-electron chi connectivity index (χ1n) is 8.53. The van der Waals surface area contributed by atoms with E-state index in [-0.39, 0.29) is 18.2 Å². The van der Waals surface area contributed by atoms with Gasteiger partial charge < -0.3 is 15.2 Å². The first kappa shape index (κ1) is 18.0. The molecule has 0 aliphatic carbocycles. The smallest absolute Gasteiger partial charge is 0.274 e. The van der Waals surface area contributed by atoms with Crippen LogP contribution in [0, 0.1) is 11.3 Å². The van der Waals surface area contributed by atoms with Crippen molar-refractivity contribution in [1.82, 2.24) is 4.57 Å². The summed E-state index contributed by atoms with van der Waals surface area (Å²) in [5.74, 6) is -0.208. The van der Waals surface area contributed by atoms with Gasteiger partial charge in [0.1, 0.15) is 11.8 Å². The van der Waals surface area contributed by atoms with E-state index in [0.29, 0.717) is 47.9 Å². The molecule has 26 heavy (non-hydrogen) atoms. The molecule has 1 aromatic carbocycles. The van der Waals surface area contributed by atoms with Crippen LogP contribution in [-0.2, 0) is 17.8 Å². The molecule has 0 fully saturated rings. The van der Waals surface area contributed by atoms with Crippen LogP contribution >= 0.6 is 11.6 Å². The quantitative estimate of drug-likeness (QED) is 0.763. The minimum absolute atomic E-state index is 0.245. The van der Waals surface area contributed by atoms with Crippen molar-refractivity contribution in [2.24, 2.45) is 0 Å². The summed E-state index contributed by atoms with van der Waals surface area (Å²) >= 11 is 5.64. The molecule has 0 spiro atoms. The van der Waals surface area contributed by atoms with Gasteiger partial charge in [-0.25, -0.2) is 0 Å². The molecule has 0 atom stereocenters. The van der Waals surface area contributed by atoms with Crippen LogP contribution in [0.25, 0.3) is 0 Å².